The van der Waals surface area contributed by atoms with Crippen molar-refractivity contribution in [1.82, 2.24) is 4.98 Å². The standard InChI is InChI=1S/C20H17ClN2O3/c21-15-5-3-13(4-6-15)18-11-22-19(26-18)12-25-17-9-7-16(8-10-17)23-20(24)14-1-2-14/h3-11,14H,1-2,12H2,(H,23,24). The van der Waals surface area contributed by atoms with Crippen molar-refractivity contribution in [2.24, 2.45) is 5.92 Å². The van der Waals surface area contributed by atoms with Crippen LogP contribution in [0.2, 0.25) is 5.02 Å². The van der Waals surface area contributed by atoms with E-state index in [2.05, 4.69) is 10.3 Å². The lowest BCUT2D eigenvalue weighted by atomic mass is 10.2. The number of ether oxygens (including phenoxy) is 1. The van der Waals surface area contributed by atoms with Crippen LogP contribution < -0.4 is 10.1 Å². The third kappa shape index (κ3) is 4.06. The second-order valence-corrected chi connectivity index (χ2v) is 6.64. The second-order valence-electron chi connectivity index (χ2n) is 6.20. The lowest BCUT2D eigenvalue weighted by Crippen LogP contribution is -2.13. The molecule has 4 rings (SSSR count). The molecule has 5 nitrogen and oxygen atoms in total. The molecule has 1 fully saturated rings. The summed E-state index contributed by atoms with van der Waals surface area (Å²) in [5.41, 5.74) is 1.68. The monoisotopic (exact) mass is 368 g/mol. The zero-order chi connectivity index (χ0) is 17.9. The fourth-order valence-corrected chi connectivity index (χ4v) is 2.62. The molecule has 1 aromatic heterocycles. The van der Waals surface area contributed by atoms with E-state index in [4.69, 9.17) is 20.8 Å². The Kier molecular flexibility index (Phi) is 4.63. The van der Waals surface area contributed by atoms with Crippen molar-refractivity contribution in [1.29, 1.82) is 0 Å². The number of nitrogens with zero attached hydrogens (tertiary/aromatic N) is 1. The van der Waals surface area contributed by atoms with Gasteiger partial charge in [0, 0.05) is 22.2 Å². The van der Waals surface area contributed by atoms with Gasteiger partial charge in [-0.15, -0.1) is 0 Å². The molecule has 1 heterocycles. The highest BCUT2D eigenvalue weighted by atomic mass is 35.5. The van der Waals surface area contributed by atoms with Gasteiger partial charge in [-0.25, -0.2) is 4.98 Å². The Labute approximate surface area is 156 Å². The van der Waals surface area contributed by atoms with Crippen LogP contribution in [0.15, 0.2) is 59.1 Å². The smallest absolute Gasteiger partial charge is 0.232 e. The number of anilines is 1. The van der Waals surface area contributed by atoms with Crippen LogP contribution in [-0.4, -0.2) is 10.9 Å². The number of benzene rings is 2. The molecular formula is C20H17ClN2O3. The largest absolute Gasteiger partial charge is 0.484 e. The number of rotatable bonds is 6. The van der Waals surface area contributed by atoms with Crippen molar-refractivity contribution in [3.05, 3.63) is 65.6 Å². The van der Waals surface area contributed by atoms with Gasteiger partial charge in [0.2, 0.25) is 11.8 Å². The minimum absolute atomic E-state index is 0.0909. The fraction of sp³-hybridized carbons (Fsp3) is 0.200. The molecule has 0 saturated heterocycles. The quantitative estimate of drug-likeness (QED) is 0.670. The van der Waals surface area contributed by atoms with E-state index in [1.54, 1.807) is 18.3 Å². The first-order valence-corrected chi connectivity index (χ1v) is 8.79. The van der Waals surface area contributed by atoms with Gasteiger partial charge < -0.3 is 14.5 Å². The van der Waals surface area contributed by atoms with E-state index in [1.165, 1.54) is 0 Å². The first-order chi connectivity index (χ1) is 12.7. The Balaban J connectivity index is 1.33. The van der Waals surface area contributed by atoms with E-state index in [0.29, 0.717) is 22.4 Å². The van der Waals surface area contributed by atoms with Crippen LogP contribution in [0.4, 0.5) is 5.69 Å². The van der Waals surface area contributed by atoms with E-state index >= 15 is 0 Å². The van der Waals surface area contributed by atoms with E-state index < -0.39 is 0 Å². The summed E-state index contributed by atoms with van der Waals surface area (Å²) in [6, 6.07) is 14.6. The highest BCUT2D eigenvalue weighted by Gasteiger charge is 2.29. The number of halogens is 1. The van der Waals surface area contributed by atoms with Crippen LogP contribution in [0.5, 0.6) is 5.75 Å². The molecule has 6 heteroatoms. The maximum absolute atomic E-state index is 11.7. The highest BCUT2D eigenvalue weighted by molar-refractivity contribution is 6.30. The first-order valence-electron chi connectivity index (χ1n) is 8.42. The van der Waals surface area contributed by atoms with Crippen molar-refractivity contribution < 1.29 is 13.9 Å². The first kappa shape index (κ1) is 16.7. The summed E-state index contributed by atoms with van der Waals surface area (Å²) in [5, 5.41) is 3.57. The van der Waals surface area contributed by atoms with Crippen LogP contribution >= 0.6 is 11.6 Å². The summed E-state index contributed by atoms with van der Waals surface area (Å²) in [4.78, 5) is 16.0. The van der Waals surface area contributed by atoms with Gasteiger partial charge in [0.15, 0.2) is 12.4 Å². The van der Waals surface area contributed by atoms with Crippen LogP contribution in [0.3, 0.4) is 0 Å². The van der Waals surface area contributed by atoms with Crippen LogP contribution in [0.25, 0.3) is 11.3 Å². The van der Waals surface area contributed by atoms with Gasteiger partial charge in [0.05, 0.1) is 6.20 Å². The van der Waals surface area contributed by atoms with Crippen molar-refractivity contribution >= 4 is 23.2 Å². The van der Waals surface area contributed by atoms with Crippen molar-refractivity contribution in [2.45, 2.75) is 19.4 Å². The van der Waals surface area contributed by atoms with Crippen LogP contribution in [-0.2, 0) is 11.4 Å². The summed E-state index contributed by atoms with van der Waals surface area (Å²) >= 11 is 5.89. The van der Waals surface area contributed by atoms with Gasteiger partial charge in [-0.3, -0.25) is 4.79 Å². The third-order valence-corrected chi connectivity index (χ3v) is 4.37. The minimum Gasteiger partial charge on any atom is -0.484 e. The Morgan fingerprint density at radius 2 is 1.88 bits per heavy atom. The second kappa shape index (κ2) is 7.22. The summed E-state index contributed by atoms with van der Waals surface area (Å²) in [6.45, 7) is 0.224. The molecule has 132 valence electrons. The SMILES string of the molecule is O=C(Nc1ccc(OCc2ncc(-c3ccc(Cl)cc3)o2)cc1)C1CC1. The van der Waals surface area contributed by atoms with Gasteiger partial charge in [0.25, 0.3) is 0 Å². The van der Waals surface area contributed by atoms with Crippen molar-refractivity contribution in [3.63, 3.8) is 0 Å². The molecule has 0 aliphatic heterocycles. The summed E-state index contributed by atoms with van der Waals surface area (Å²) in [5.74, 6) is 2.11. The number of carbonyl (C=O) groups excluding carboxylic acids is 1. The molecule has 1 amide bonds. The van der Waals surface area contributed by atoms with E-state index in [0.717, 1.165) is 24.1 Å². The molecule has 0 radical (unpaired) electrons. The lowest BCUT2D eigenvalue weighted by molar-refractivity contribution is -0.117. The molecule has 0 unspecified atom stereocenters. The number of hydrogen-bond acceptors (Lipinski definition) is 4. The van der Waals surface area contributed by atoms with Crippen LogP contribution in [0.1, 0.15) is 18.7 Å². The molecule has 1 aliphatic carbocycles. The van der Waals surface area contributed by atoms with E-state index in [-0.39, 0.29) is 18.4 Å². The van der Waals surface area contributed by atoms with Gasteiger partial charge >= 0.3 is 0 Å². The lowest BCUT2D eigenvalue weighted by Gasteiger charge is -2.07. The Hall–Kier alpha value is -2.79. The molecule has 1 aliphatic rings. The number of amides is 1. The molecule has 0 bridgehead atoms. The molecule has 1 N–H and O–H groups in total. The van der Waals surface area contributed by atoms with Gasteiger partial charge in [-0.2, -0.15) is 0 Å². The van der Waals surface area contributed by atoms with E-state index in [9.17, 15) is 4.79 Å². The number of hydrogen-bond donors (Lipinski definition) is 1. The fourth-order valence-electron chi connectivity index (χ4n) is 2.49. The Bertz CT molecular complexity index is 900. The molecule has 0 spiro atoms. The number of oxazole rings is 1. The van der Waals surface area contributed by atoms with Gasteiger partial charge in [-0.05, 0) is 61.4 Å². The highest BCUT2D eigenvalue weighted by Crippen LogP contribution is 2.30. The minimum atomic E-state index is 0.0909. The molecule has 1 saturated carbocycles. The zero-order valence-corrected chi connectivity index (χ0v) is 14.7. The number of aromatic nitrogens is 1. The summed E-state index contributed by atoms with van der Waals surface area (Å²) < 4.78 is 11.4. The molecule has 0 atom stereocenters. The average Bonchev–Trinajstić information content (AvgIpc) is 3.41. The molecule has 2 aromatic carbocycles. The molecular weight excluding hydrogens is 352 g/mol. The third-order valence-electron chi connectivity index (χ3n) is 4.11. The maximum Gasteiger partial charge on any atom is 0.232 e. The Morgan fingerprint density at radius 1 is 1.15 bits per heavy atom. The predicted molar refractivity (Wildman–Crippen MR) is 99.1 cm³/mol. The average molecular weight is 369 g/mol. The van der Waals surface area contributed by atoms with Crippen molar-refractivity contribution in [2.75, 3.05) is 5.32 Å². The summed E-state index contributed by atoms with van der Waals surface area (Å²) in [7, 11) is 0. The normalized spacial score (nSPS) is 13.4. The number of carbonyl (C=O) groups is 1. The zero-order valence-electron chi connectivity index (χ0n) is 13.9. The van der Waals surface area contributed by atoms with Crippen LogP contribution in [0, 0.1) is 5.92 Å². The van der Waals surface area contributed by atoms with Gasteiger partial charge in [-0.1, -0.05) is 11.6 Å². The van der Waals surface area contributed by atoms with Gasteiger partial charge in [0.1, 0.15) is 5.75 Å². The molecule has 3 aromatic rings. The number of nitrogens with one attached hydrogen (secondary N) is 1. The predicted octanol–water partition coefficient (Wildman–Crippen LogP) is 4.92. The molecule has 26 heavy (non-hydrogen) atoms. The summed E-state index contributed by atoms with van der Waals surface area (Å²) in [6.07, 6.45) is 3.64. The van der Waals surface area contributed by atoms with E-state index in [1.807, 2.05) is 36.4 Å². The Morgan fingerprint density at radius 3 is 2.58 bits per heavy atom. The van der Waals surface area contributed by atoms with Crippen molar-refractivity contribution in [3.8, 4) is 17.1 Å². The topological polar surface area (TPSA) is 64.4 Å². The maximum atomic E-state index is 11.7.